The number of fused-ring (bicyclic) bond motifs is 3. The summed E-state index contributed by atoms with van der Waals surface area (Å²) in [6, 6.07) is 14.6. The molecule has 0 heterocycles. The van der Waals surface area contributed by atoms with E-state index in [1.165, 1.54) is 12.1 Å². The fourth-order valence-corrected chi connectivity index (χ4v) is 3.22. The Morgan fingerprint density at radius 3 is 2.24 bits per heavy atom. The normalized spacial score (nSPS) is 11.3. The molecular formula is C16H11LiO3S. The predicted molar refractivity (Wildman–Crippen MR) is 79.5 cm³/mol. The quantitative estimate of drug-likeness (QED) is 0.393. The Bertz CT molecular complexity index is 946. The van der Waals surface area contributed by atoms with Crippen molar-refractivity contribution in [2.75, 3.05) is 0 Å². The van der Waals surface area contributed by atoms with Gasteiger partial charge < -0.3 is 4.55 Å². The number of hydrogen-bond donors (Lipinski definition) is 0. The van der Waals surface area contributed by atoms with Gasteiger partial charge in [0.25, 0.3) is 0 Å². The summed E-state index contributed by atoms with van der Waals surface area (Å²) in [5, 5.41) is 3.71. The van der Waals surface area contributed by atoms with Crippen LogP contribution in [0.5, 0.6) is 0 Å². The monoisotopic (exact) mass is 290 g/mol. The van der Waals surface area contributed by atoms with Crippen molar-refractivity contribution in [1.29, 1.82) is 0 Å². The van der Waals surface area contributed by atoms with Crippen molar-refractivity contribution in [2.24, 2.45) is 0 Å². The summed E-state index contributed by atoms with van der Waals surface area (Å²) in [5.74, 6) is 0. The number of hydrogen-bond acceptors (Lipinski definition) is 3. The molecule has 5 heteroatoms. The third-order valence-electron chi connectivity index (χ3n) is 3.40. The fourth-order valence-electron chi connectivity index (χ4n) is 2.52. The number of rotatable bonds is 2. The third kappa shape index (κ3) is 2.64. The van der Waals surface area contributed by atoms with Crippen LogP contribution in [0.15, 0.2) is 60.0 Å². The smallest absolute Gasteiger partial charge is 0.744 e. The van der Waals surface area contributed by atoms with Gasteiger partial charge in [0.2, 0.25) is 0 Å². The zero-order valence-corrected chi connectivity index (χ0v) is 12.4. The summed E-state index contributed by atoms with van der Waals surface area (Å²) >= 11 is 0. The second-order valence-electron chi connectivity index (χ2n) is 4.52. The van der Waals surface area contributed by atoms with Crippen LogP contribution in [-0.4, -0.2) is 13.0 Å². The third-order valence-corrected chi connectivity index (χ3v) is 4.30. The fraction of sp³-hybridized carbons (Fsp3) is 0. The molecule has 0 N–H and O–H groups in total. The molecule has 0 aliphatic rings. The van der Waals surface area contributed by atoms with Crippen molar-refractivity contribution in [3.8, 4) is 0 Å². The van der Waals surface area contributed by atoms with E-state index < -0.39 is 10.1 Å². The van der Waals surface area contributed by atoms with E-state index >= 15 is 0 Å². The van der Waals surface area contributed by atoms with Gasteiger partial charge in [-0.25, -0.2) is 8.42 Å². The SMILES string of the molecule is C=Cc1c(S(=O)(=O)[O-])ccc2c1ccc1ccccc12.[Li+]. The summed E-state index contributed by atoms with van der Waals surface area (Å²) in [7, 11) is -4.51. The number of benzene rings is 3. The van der Waals surface area contributed by atoms with Crippen molar-refractivity contribution >= 4 is 37.7 Å². The molecule has 3 aromatic rings. The van der Waals surface area contributed by atoms with Gasteiger partial charge in [-0.2, -0.15) is 0 Å². The molecule has 3 nitrogen and oxygen atoms in total. The van der Waals surface area contributed by atoms with Crippen LogP contribution in [-0.2, 0) is 10.1 Å². The summed E-state index contributed by atoms with van der Waals surface area (Å²) in [6.45, 7) is 3.63. The summed E-state index contributed by atoms with van der Waals surface area (Å²) in [4.78, 5) is -0.227. The summed E-state index contributed by atoms with van der Waals surface area (Å²) < 4.78 is 33.9. The Morgan fingerprint density at radius 2 is 1.57 bits per heavy atom. The van der Waals surface area contributed by atoms with Crippen LogP contribution in [0.1, 0.15) is 5.56 Å². The average Bonchev–Trinajstić information content (AvgIpc) is 2.44. The van der Waals surface area contributed by atoms with Crippen molar-refractivity contribution in [3.63, 3.8) is 0 Å². The molecule has 0 radical (unpaired) electrons. The molecule has 3 rings (SSSR count). The molecule has 21 heavy (non-hydrogen) atoms. The minimum atomic E-state index is -4.51. The first-order chi connectivity index (χ1) is 9.52. The first-order valence-corrected chi connectivity index (χ1v) is 7.46. The molecule has 0 saturated heterocycles. The average molecular weight is 290 g/mol. The van der Waals surface area contributed by atoms with Crippen molar-refractivity contribution in [3.05, 3.63) is 60.7 Å². The zero-order chi connectivity index (χ0) is 14.3. The Hall–Kier alpha value is -1.57. The second kappa shape index (κ2) is 5.67. The molecule has 0 atom stereocenters. The van der Waals surface area contributed by atoms with Crippen molar-refractivity contribution in [2.45, 2.75) is 4.90 Å². The molecule has 100 valence electrons. The van der Waals surface area contributed by atoms with Gasteiger partial charge in [-0.1, -0.05) is 55.1 Å². The summed E-state index contributed by atoms with van der Waals surface area (Å²) in [6.07, 6.45) is 1.42. The van der Waals surface area contributed by atoms with E-state index in [1.807, 2.05) is 36.4 Å². The maximum Gasteiger partial charge on any atom is 1.00 e. The predicted octanol–water partition coefficient (Wildman–Crippen LogP) is 0.544. The molecule has 0 aliphatic carbocycles. The van der Waals surface area contributed by atoms with Gasteiger partial charge in [0, 0.05) is 0 Å². The molecule has 0 spiro atoms. The second-order valence-corrected chi connectivity index (χ2v) is 5.87. The molecule has 0 fully saturated rings. The van der Waals surface area contributed by atoms with Crippen LogP contribution >= 0.6 is 0 Å². The van der Waals surface area contributed by atoms with E-state index in [4.69, 9.17) is 0 Å². The first kappa shape index (κ1) is 15.8. The molecule has 0 aliphatic heterocycles. The molecule has 0 saturated carbocycles. The van der Waals surface area contributed by atoms with E-state index in [0.717, 1.165) is 21.5 Å². The van der Waals surface area contributed by atoms with Crippen LogP contribution in [0.2, 0.25) is 0 Å². The first-order valence-electron chi connectivity index (χ1n) is 6.05. The van der Waals surface area contributed by atoms with E-state index in [-0.39, 0.29) is 23.8 Å². The molecule has 0 amide bonds. The van der Waals surface area contributed by atoms with Crippen LogP contribution in [0.3, 0.4) is 0 Å². The van der Waals surface area contributed by atoms with E-state index in [2.05, 4.69) is 6.58 Å². The van der Waals surface area contributed by atoms with Crippen LogP contribution < -0.4 is 18.9 Å². The Labute approximate surface area is 135 Å². The Balaban J connectivity index is 0.00000161. The Morgan fingerprint density at radius 1 is 0.905 bits per heavy atom. The standard InChI is InChI=1S/C16H12O3S.Li/c1-2-12-14-8-7-11-5-3-4-6-13(11)15(14)9-10-16(12)20(17,18)19;/h2-10H,1H2,(H,17,18,19);/q;+1/p-1. The van der Waals surface area contributed by atoms with Gasteiger partial charge in [-0.15, -0.1) is 0 Å². The molecule has 3 aromatic carbocycles. The minimum absolute atomic E-state index is 0. The molecular weight excluding hydrogens is 279 g/mol. The maximum absolute atomic E-state index is 11.3. The van der Waals surface area contributed by atoms with E-state index in [0.29, 0.717) is 5.56 Å². The van der Waals surface area contributed by atoms with Gasteiger partial charge >= 0.3 is 18.9 Å². The van der Waals surface area contributed by atoms with Gasteiger partial charge in [0.05, 0.1) is 4.90 Å². The zero-order valence-electron chi connectivity index (χ0n) is 11.5. The van der Waals surface area contributed by atoms with Gasteiger partial charge in [0.1, 0.15) is 10.1 Å². The molecule has 0 aromatic heterocycles. The van der Waals surface area contributed by atoms with Crippen LogP contribution in [0.25, 0.3) is 27.6 Å². The van der Waals surface area contributed by atoms with E-state index in [1.54, 1.807) is 6.07 Å². The van der Waals surface area contributed by atoms with Gasteiger partial charge in [-0.3, -0.25) is 0 Å². The van der Waals surface area contributed by atoms with Gasteiger partial charge in [0.15, 0.2) is 0 Å². The topological polar surface area (TPSA) is 57.2 Å². The van der Waals surface area contributed by atoms with E-state index in [9.17, 15) is 13.0 Å². The summed E-state index contributed by atoms with van der Waals surface area (Å²) in [5.41, 5.74) is 0.364. The minimum Gasteiger partial charge on any atom is -0.744 e. The molecule has 0 unspecified atom stereocenters. The van der Waals surface area contributed by atoms with Crippen molar-refractivity contribution < 1.29 is 31.8 Å². The van der Waals surface area contributed by atoms with Gasteiger partial charge in [-0.05, 0) is 33.2 Å². The molecule has 0 bridgehead atoms. The van der Waals surface area contributed by atoms with Crippen molar-refractivity contribution in [1.82, 2.24) is 0 Å². The largest absolute Gasteiger partial charge is 1.00 e. The van der Waals surface area contributed by atoms with Crippen LogP contribution in [0.4, 0.5) is 0 Å². The van der Waals surface area contributed by atoms with Crippen LogP contribution in [0, 0.1) is 0 Å². The Kier molecular flexibility index (Phi) is 4.27. The maximum atomic E-state index is 11.3.